The minimum Gasteiger partial charge on any atom is -0.508 e. The van der Waals surface area contributed by atoms with Crippen LogP contribution >= 0.6 is 0 Å². The molecule has 0 spiro atoms. The Morgan fingerprint density at radius 2 is 1.87 bits per heavy atom. The van der Waals surface area contributed by atoms with Gasteiger partial charge in [0.1, 0.15) is 11.5 Å². The van der Waals surface area contributed by atoms with Gasteiger partial charge < -0.3 is 19.6 Å². The van der Waals surface area contributed by atoms with E-state index in [1.165, 1.54) is 37.6 Å². The molecule has 31 heavy (non-hydrogen) atoms. The van der Waals surface area contributed by atoms with Crippen molar-refractivity contribution in [2.75, 3.05) is 7.11 Å². The lowest BCUT2D eigenvalue weighted by atomic mass is 10.2. The fourth-order valence-corrected chi connectivity index (χ4v) is 4.33. The van der Waals surface area contributed by atoms with Crippen molar-refractivity contribution in [2.24, 2.45) is 0 Å². The number of phenolic OH excluding ortho intramolecular Hbond substituents is 1. The van der Waals surface area contributed by atoms with Crippen LogP contribution in [0.2, 0.25) is 0 Å². The lowest BCUT2D eigenvalue weighted by molar-refractivity contribution is 0.0925. The highest BCUT2D eigenvalue weighted by Crippen LogP contribution is 2.29. The van der Waals surface area contributed by atoms with Gasteiger partial charge in [0.2, 0.25) is 9.84 Å². The second-order valence-corrected chi connectivity index (χ2v) is 8.67. The Labute approximate surface area is 178 Å². The first-order valence-corrected chi connectivity index (χ1v) is 10.7. The molecule has 0 unspecified atom stereocenters. The lowest BCUT2D eigenvalue weighted by Crippen LogP contribution is -2.22. The van der Waals surface area contributed by atoms with Crippen LogP contribution in [0.15, 0.2) is 81.2 Å². The molecular formula is C22H18N2O6S. The Balaban J connectivity index is 1.47. The number of carbonyl (C=O) groups is 1. The van der Waals surface area contributed by atoms with E-state index < -0.39 is 9.84 Å². The first-order valence-electron chi connectivity index (χ1n) is 9.20. The topological polar surface area (TPSA) is 119 Å². The number of pyridine rings is 1. The van der Waals surface area contributed by atoms with Crippen LogP contribution in [0.1, 0.15) is 16.1 Å². The van der Waals surface area contributed by atoms with Crippen molar-refractivity contribution in [1.82, 2.24) is 10.3 Å². The number of phenols is 1. The van der Waals surface area contributed by atoms with Gasteiger partial charge in [-0.25, -0.2) is 8.42 Å². The van der Waals surface area contributed by atoms with Gasteiger partial charge in [0.25, 0.3) is 5.91 Å². The van der Waals surface area contributed by atoms with Gasteiger partial charge in [-0.3, -0.25) is 9.78 Å². The Bertz CT molecular complexity index is 1330. The second-order valence-electron chi connectivity index (χ2n) is 6.72. The summed E-state index contributed by atoms with van der Waals surface area (Å²) in [5.41, 5.74) is 1.23. The molecule has 0 aliphatic carbocycles. The van der Waals surface area contributed by atoms with Crippen molar-refractivity contribution in [3.8, 4) is 11.5 Å². The molecule has 0 fully saturated rings. The summed E-state index contributed by atoms with van der Waals surface area (Å²) < 4.78 is 36.2. The molecule has 158 valence electrons. The molecule has 0 aliphatic rings. The first-order chi connectivity index (χ1) is 14.9. The van der Waals surface area contributed by atoms with Crippen molar-refractivity contribution in [2.45, 2.75) is 16.3 Å². The Hall–Kier alpha value is -3.85. The van der Waals surface area contributed by atoms with E-state index in [0.29, 0.717) is 11.1 Å². The van der Waals surface area contributed by atoms with Crippen LogP contribution in [0.3, 0.4) is 0 Å². The molecule has 4 rings (SSSR count). The van der Waals surface area contributed by atoms with Gasteiger partial charge >= 0.3 is 0 Å². The highest BCUT2D eigenvalue weighted by atomic mass is 32.2. The summed E-state index contributed by atoms with van der Waals surface area (Å²) in [4.78, 5) is 16.3. The normalized spacial score (nSPS) is 11.4. The van der Waals surface area contributed by atoms with Gasteiger partial charge in [-0.05, 0) is 42.0 Å². The molecule has 0 saturated heterocycles. The molecule has 8 nitrogen and oxygen atoms in total. The van der Waals surface area contributed by atoms with E-state index in [0.717, 1.165) is 11.5 Å². The first kappa shape index (κ1) is 20.4. The van der Waals surface area contributed by atoms with Crippen molar-refractivity contribution >= 4 is 26.7 Å². The number of nitrogens with zero attached hydrogens (tertiary/aromatic N) is 1. The highest BCUT2D eigenvalue weighted by Gasteiger charge is 2.20. The van der Waals surface area contributed by atoms with Crippen molar-refractivity contribution in [3.63, 3.8) is 0 Å². The van der Waals surface area contributed by atoms with Crippen LogP contribution in [-0.2, 0) is 16.4 Å². The van der Waals surface area contributed by atoms with Gasteiger partial charge in [-0.2, -0.15) is 0 Å². The van der Waals surface area contributed by atoms with Crippen LogP contribution in [0.5, 0.6) is 11.5 Å². The van der Waals surface area contributed by atoms with Crippen molar-refractivity contribution in [1.29, 1.82) is 0 Å². The molecular weight excluding hydrogens is 420 g/mol. The van der Waals surface area contributed by atoms with E-state index in [4.69, 9.17) is 9.15 Å². The third kappa shape index (κ3) is 4.22. The fourth-order valence-electron chi connectivity index (χ4n) is 3.02. The highest BCUT2D eigenvalue weighted by molar-refractivity contribution is 7.91. The maximum atomic E-state index is 12.8. The molecule has 0 aliphatic heterocycles. The number of rotatable bonds is 6. The number of fused-ring (bicyclic) bond motifs is 1. The largest absolute Gasteiger partial charge is 0.508 e. The molecule has 0 atom stereocenters. The van der Waals surface area contributed by atoms with Gasteiger partial charge in [0, 0.05) is 24.2 Å². The number of hydrogen-bond donors (Lipinski definition) is 2. The number of carbonyl (C=O) groups excluding carboxylic acids is 1. The summed E-state index contributed by atoms with van der Waals surface area (Å²) in [5, 5.41) is 13.3. The molecule has 1 amide bonds. The molecule has 2 aromatic heterocycles. The van der Waals surface area contributed by atoms with Crippen LogP contribution in [0.25, 0.3) is 11.0 Å². The van der Waals surface area contributed by atoms with E-state index in [1.54, 1.807) is 30.5 Å². The number of hydrogen-bond acceptors (Lipinski definition) is 7. The van der Waals surface area contributed by atoms with Gasteiger partial charge in [0.15, 0.2) is 11.3 Å². The number of methoxy groups -OCH3 is 1. The lowest BCUT2D eigenvalue weighted by Gasteiger charge is -2.09. The van der Waals surface area contributed by atoms with Crippen LogP contribution in [-0.4, -0.2) is 31.5 Å². The number of furan rings is 1. The minimum absolute atomic E-state index is 0.0556. The summed E-state index contributed by atoms with van der Waals surface area (Å²) in [7, 11) is -2.46. The van der Waals surface area contributed by atoms with Gasteiger partial charge in [-0.1, -0.05) is 12.1 Å². The van der Waals surface area contributed by atoms with E-state index in [9.17, 15) is 18.3 Å². The maximum absolute atomic E-state index is 12.8. The Kier molecular flexibility index (Phi) is 5.35. The summed E-state index contributed by atoms with van der Waals surface area (Å²) in [5.74, 6) is -0.197. The van der Waals surface area contributed by atoms with Crippen molar-refractivity contribution < 1.29 is 27.5 Å². The molecule has 9 heteroatoms. The molecule has 4 aromatic rings. The summed E-state index contributed by atoms with van der Waals surface area (Å²) in [6, 6.07) is 13.3. The Morgan fingerprint density at radius 1 is 1.10 bits per heavy atom. The predicted molar refractivity (Wildman–Crippen MR) is 112 cm³/mol. The average molecular weight is 438 g/mol. The smallest absolute Gasteiger partial charge is 0.287 e. The van der Waals surface area contributed by atoms with Crippen LogP contribution < -0.4 is 10.1 Å². The molecule has 2 aromatic carbocycles. The van der Waals surface area contributed by atoms with E-state index >= 15 is 0 Å². The number of amides is 1. The number of sulfone groups is 1. The SMILES string of the molecule is COc1cc(O)cc(S(=O)(=O)c2ccc(CNC(=O)c3cc4ccncc4o3)cc2)c1. The summed E-state index contributed by atoms with van der Waals surface area (Å²) in [6.45, 7) is 0.189. The zero-order valence-electron chi connectivity index (χ0n) is 16.4. The maximum Gasteiger partial charge on any atom is 0.287 e. The molecule has 0 radical (unpaired) electrons. The van der Waals surface area contributed by atoms with Gasteiger partial charge in [-0.15, -0.1) is 0 Å². The number of benzene rings is 2. The molecule has 2 N–H and O–H groups in total. The molecule has 0 bridgehead atoms. The third-order valence-electron chi connectivity index (χ3n) is 4.64. The van der Waals surface area contributed by atoms with Gasteiger partial charge in [0.05, 0.1) is 23.1 Å². The second kappa shape index (κ2) is 8.11. The zero-order valence-corrected chi connectivity index (χ0v) is 17.2. The predicted octanol–water partition coefficient (Wildman–Crippen LogP) is 3.30. The summed E-state index contributed by atoms with van der Waals surface area (Å²) in [6.07, 6.45) is 3.15. The monoisotopic (exact) mass is 438 g/mol. The standard InChI is InChI=1S/C22H18N2O6S/c1-29-17-9-16(25)10-19(11-17)31(27,28)18-4-2-14(3-5-18)12-24-22(26)20-8-15-6-7-23-13-21(15)30-20/h2-11,13,25H,12H2,1H3,(H,24,26). The van der Waals surface area contributed by atoms with E-state index in [2.05, 4.69) is 10.3 Å². The zero-order chi connectivity index (χ0) is 22.0. The van der Waals surface area contributed by atoms with E-state index in [-0.39, 0.29) is 39.5 Å². The number of ether oxygens (including phenoxy) is 1. The van der Waals surface area contributed by atoms with Crippen molar-refractivity contribution in [3.05, 3.63) is 78.3 Å². The van der Waals surface area contributed by atoms with E-state index in [1.807, 2.05) is 0 Å². The minimum atomic E-state index is -3.85. The van der Waals surface area contributed by atoms with Crippen LogP contribution in [0, 0.1) is 0 Å². The fraction of sp³-hybridized carbons (Fsp3) is 0.0909. The number of aromatic nitrogens is 1. The quantitative estimate of drug-likeness (QED) is 0.474. The third-order valence-corrected chi connectivity index (χ3v) is 6.39. The number of nitrogens with one attached hydrogen (secondary N) is 1. The molecule has 2 heterocycles. The average Bonchev–Trinajstić information content (AvgIpc) is 3.21. The number of aromatic hydroxyl groups is 1. The molecule has 0 saturated carbocycles. The van der Waals surface area contributed by atoms with Crippen LogP contribution in [0.4, 0.5) is 0 Å². The summed E-state index contributed by atoms with van der Waals surface area (Å²) >= 11 is 0. The Morgan fingerprint density at radius 3 is 2.58 bits per heavy atom.